The van der Waals surface area contributed by atoms with Gasteiger partial charge in [0.25, 0.3) is 0 Å². The quantitative estimate of drug-likeness (QED) is 0.773. The highest BCUT2D eigenvalue weighted by Crippen LogP contribution is 2.30. The zero-order valence-electron chi connectivity index (χ0n) is 8.51. The summed E-state index contributed by atoms with van der Waals surface area (Å²) >= 11 is 1.46. The highest BCUT2D eigenvalue weighted by Gasteiger charge is 2.07. The van der Waals surface area contributed by atoms with Crippen LogP contribution < -0.4 is 5.73 Å². The molecule has 1 heterocycles. The fraction of sp³-hybridized carbons (Fsp3) is 0.222. The predicted octanol–water partition coefficient (Wildman–Crippen LogP) is 1.25. The molecule has 2 rings (SSSR count). The molecule has 0 bridgehead atoms. The van der Waals surface area contributed by atoms with Crippen molar-refractivity contribution < 1.29 is 0 Å². The van der Waals surface area contributed by atoms with Crippen molar-refractivity contribution in [3.05, 3.63) is 23.8 Å². The van der Waals surface area contributed by atoms with E-state index >= 15 is 0 Å². The summed E-state index contributed by atoms with van der Waals surface area (Å²) < 4.78 is 1.62. The Hall–Kier alpha value is -1.56. The molecule has 0 unspecified atom stereocenters. The average Bonchev–Trinajstić information content (AvgIpc) is 2.58. The summed E-state index contributed by atoms with van der Waals surface area (Å²) in [7, 11) is 1.80. The molecule has 1 aromatic heterocycles. The second kappa shape index (κ2) is 3.90. The van der Waals surface area contributed by atoms with Gasteiger partial charge in [0.2, 0.25) is 5.16 Å². The van der Waals surface area contributed by atoms with Crippen LogP contribution >= 0.6 is 11.8 Å². The van der Waals surface area contributed by atoms with Gasteiger partial charge in [-0.05, 0) is 46.8 Å². The van der Waals surface area contributed by atoms with Crippen LogP contribution in [0.4, 0.5) is 5.69 Å². The molecule has 0 fully saturated rings. The van der Waals surface area contributed by atoms with E-state index in [4.69, 9.17) is 5.73 Å². The number of aryl methyl sites for hydroxylation is 2. The lowest BCUT2D eigenvalue weighted by molar-refractivity contribution is 0.664. The summed E-state index contributed by atoms with van der Waals surface area (Å²) in [6, 6.07) is 5.89. The van der Waals surface area contributed by atoms with E-state index < -0.39 is 0 Å². The molecule has 2 N–H and O–H groups in total. The monoisotopic (exact) mass is 221 g/mol. The van der Waals surface area contributed by atoms with Crippen LogP contribution in [-0.2, 0) is 7.05 Å². The minimum absolute atomic E-state index is 0.729. The molecular formula is C9H11N5S. The van der Waals surface area contributed by atoms with Crippen molar-refractivity contribution in [2.45, 2.75) is 17.0 Å². The Kier molecular flexibility index (Phi) is 2.59. The van der Waals surface area contributed by atoms with Crippen molar-refractivity contribution in [1.29, 1.82) is 0 Å². The fourth-order valence-corrected chi connectivity index (χ4v) is 2.01. The first kappa shape index (κ1) is 9.97. The molecule has 0 aliphatic heterocycles. The van der Waals surface area contributed by atoms with Crippen molar-refractivity contribution in [3.8, 4) is 0 Å². The molecule has 0 aliphatic carbocycles. The summed E-state index contributed by atoms with van der Waals surface area (Å²) in [6.45, 7) is 2.03. The van der Waals surface area contributed by atoms with E-state index in [-0.39, 0.29) is 0 Å². The van der Waals surface area contributed by atoms with Gasteiger partial charge in [-0.2, -0.15) is 0 Å². The first-order chi connectivity index (χ1) is 7.16. The number of anilines is 1. The van der Waals surface area contributed by atoms with Gasteiger partial charge in [0.05, 0.1) is 0 Å². The Balaban J connectivity index is 2.32. The van der Waals surface area contributed by atoms with Crippen LogP contribution in [0.1, 0.15) is 5.56 Å². The van der Waals surface area contributed by atoms with Crippen molar-refractivity contribution in [2.24, 2.45) is 7.05 Å². The van der Waals surface area contributed by atoms with E-state index in [1.165, 1.54) is 17.3 Å². The number of nitrogens with zero attached hydrogens (tertiary/aromatic N) is 4. The number of nitrogens with two attached hydrogens (primary N) is 1. The second-order valence-corrected chi connectivity index (χ2v) is 4.24. The molecule has 0 amide bonds. The molecule has 0 spiro atoms. The van der Waals surface area contributed by atoms with Gasteiger partial charge in [0, 0.05) is 17.6 Å². The van der Waals surface area contributed by atoms with Crippen molar-refractivity contribution in [1.82, 2.24) is 20.2 Å². The first-order valence-corrected chi connectivity index (χ1v) is 5.25. The lowest BCUT2D eigenvalue weighted by atomic mass is 10.2. The maximum atomic E-state index is 5.86. The van der Waals surface area contributed by atoms with Crippen molar-refractivity contribution in [2.75, 3.05) is 5.73 Å². The lowest BCUT2D eigenvalue weighted by Gasteiger charge is -2.04. The maximum Gasteiger partial charge on any atom is 0.213 e. The summed E-state index contributed by atoms with van der Waals surface area (Å²) in [5.74, 6) is 0. The molecule has 0 saturated carbocycles. The number of tetrazole rings is 1. The number of rotatable bonds is 2. The highest BCUT2D eigenvalue weighted by molar-refractivity contribution is 7.99. The van der Waals surface area contributed by atoms with Gasteiger partial charge in [0.1, 0.15) is 0 Å². The molecule has 1 aromatic carbocycles. The minimum atomic E-state index is 0.729. The van der Waals surface area contributed by atoms with E-state index in [9.17, 15) is 0 Å². The first-order valence-electron chi connectivity index (χ1n) is 4.43. The number of hydrogen-bond acceptors (Lipinski definition) is 5. The fourth-order valence-electron chi connectivity index (χ4n) is 1.14. The zero-order valence-corrected chi connectivity index (χ0v) is 9.32. The Morgan fingerprint density at radius 2 is 2.20 bits per heavy atom. The standard InChI is InChI=1S/C9H11N5S/c1-6-3-4-7(10)8(5-6)15-9-11-12-13-14(9)2/h3-5H,10H2,1-2H3. The highest BCUT2D eigenvalue weighted by atomic mass is 32.2. The smallest absolute Gasteiger partial charge is 0.213 e. The van der Waals surface area contributed by atoms with Gasteiger partial charge in [0.15, 0.2) is 0 Å². The van der Waals surface area contributed by atoms with Crippen LogP contribution in [0.15, 0.2) is 28.3 Å². The van der Waals surface area contributed by atoms with E-state index in [2.05, 4.69) is 15.5 Å². The lowest BCUT2D eigenvalue weighted by Crippen LogP contribution is -1.94. The summed E-state index contributed by atoms with van der Waals surface area (Å²) in [5.41, 5.74) is 7.77. The van der Waals surface area contributed by atoms with Gasteiger partial charge < -0.3 is 5.73 Å². The Bertz CT molecular complexity index is 479. The number of nitrogen functional groups attached to an aromatic ring is 1. The van der Waals surface area contributed by atoms with Gasteiger partial charge in [-0.3, -0.25) is 0 Å². The van der Waals surface area contributed by atoms with E-state index in [0.29, 0.717) is 0 Å². The summed E-state index contributed by atoms with van der Waals surface area (Å²) in [5, 5.41) is 12.0. The van der Waals surface area contributed by atoms with Crippen LogP contribution in [0, 0.1) is 6.92 Å². The van der Waals surface area contributed by atoms with E-state index in [0.717, 1.165) is 15.7 Å². The van der Waals surface area contributed by atoms with Crippen LogP contribution in [-0.4, -0.2) is 20.2 Å². The van der Waals surface area contributed by atoms with Crippen LogP contribution in [0.5, 0.6) is 0 Å². The predicted molar refractivity (Wildman–Crippen MR) is 58.5 cm³/mol. The minimum Gasteiger partial charge on any atom is -0.398 e. The Morgan fingerprint density at radius 1 is 1.40 bits per heavy atom. The third-order valence-electron chi connectivity index (χ3n) is 1.95. The van der Waals surface area contributed by atoms with Crippen molar-refractivity contribution >= 4 is 17.4 Å². The molecule has 0 saturated heterocycles. The SMILES string of the molecule is Cc1ccc(N)c(Sc2nnnn2C)c1. The average molecular weight is 221 g/mol. The molecule has 0 aliphatic rings. The van der Waals surface area contributed by atoms with E-state index in [1.807, 2.05) is 25.1 Å². The van der Waals surface area contributed by atoms with Crippen molar-refractivity contribution in [3.63, 3.8) is 0 Å². The molecule has 2 aromatic rings. The van der Waals surface area contributed by atoms with Gasteiger partial charge in [-0.25, -0.2) is 4.68 Å². The topological polar surface area (TPSA) is 69.6 Å². The molecule has 0 atom stereocenters. The Labute approximate surface area is 91.7 Å². The number of benzene rings is 1. The summed E-state index contributed by atoms with van der Waals surface area (Å²) in [6.07, 6.45) is 0. The van der Waals surface area contributed by atoms with Crippen LogP contribution in [0.3, 0.4) is 0 Å². The molecule has 5 nitrogen and oxygen atoms in total. The largest absolute Gasteiger partial charge is 0.398 e. The van der Waals surface area contributed by atoms with Gasteiger partial charge in [-0.1, -0.05) is 6.07 Å². The molecule has 6 heteroatoms. The van der Waals surface area contributed by atoms with E-state index in [1.54, 1.807) is 11.7 Å². The zero-order chi connectivity index (χ0) is 10.8. The maximum absolute atomic E-state index is 5.86. The normalized spacial score (nSPS) is 10.5. The second-order valence-electron chi connectivity index (χ2n) is 3.23. The van der Waals surface area contributed by atoms with Gasteiger partial charge in [-0.15, -0.1) is 5.10 Å². The third-order valence-corrected chi connectivity index (χ3v) is 3.05. The number of aromatic nitrogens is 4. The molecular weight excluding hydrogens is 210 g/mol. The van der Waals surface area contributed by atoms with Crippen LogP contribution in [0.2, 0.25) is 0 Å². The number of hydrogen-bond donors (Lipinski definition) is 1. The molecule has 78 valence electrons. The molecule has 15 heavy (non-hydrogen) atoms. The molecule has 0 radical (unpaired) electrons. The Morgan fingerprint density at radius 3 is 2.87 bits per heavy atom. The third kappa shape index (κ3) is 2.10. The van der Waals surface area contributed by atoms with Crippen LogP contribution in [0.25, 0.3) is 0 Å². The van der Waals surface area contributed by atoms with Gasteiger partial charge >= 0.3 is 0 Å². The summed E-state index contributed by atoms with van der Waals surface area (Å²) in [4.78, 5) is 0.980.